The van der Waals surface area contributed by atoms with E-state index in [4.69, 9.17) is 0 Å². The van der Waals surface area contributed by atoms with E-state index in [0.717, 1.165) is 29.1 Å². The molecular formula is C22H23F3N8O2S. The molecule has 0 amide bonds. The Morgan fingerprint density at radius 2 is 1.67 bits per heavy atom. The Hall–Kier alpha value is -3.49. The van der Waals surface area contributed by atoms with Crippen molar-refractivity contribution in [3.63, 3.8) is 0 Å². The maximum atomic E-state index is 12.7. The van der Waals surface area contributed by atoms with Gasteiger partial charge in [-0.1, -0.05) is 12.1 Å². The van der Waals surface area contributed by atoms with Gasteiger partial charge >= 0.3 is 6.18 Å². The van der Waals surface area contributed by atoms with E-state index in [-0.39, 0.29) is 19.6 Å². The first-order chi connectivity index (χ1) is 17.1. The third kappa shape index (κ3) is 4.92. The number of fused-ring (bicyclic) bond motifs is 1. The highest BCUT2D eigenvalue weighted by atomic mass is 32.2. The molecule has 0 saturated carbocycles. The van der Waals surface area contributed by atoms with Gasteiger partial charge in [-0.25, -0.2) is 4.98 Å². The number of nitrogens with one attached hydrogen (secondary N) is 1. The minimum Gasteiger partial charge on any atom is -0.353 e. The molecule has 1 aliphatic rings. The average molecular weight is 521 g/mol. The van der Waals surface area contributed by atoms with E-state index in [1.54, 1.807) is 27.8 Å². The number of anilines is 1. The summed E-state index contributed by atoms with van der Waals surface area (Å²) < 4.78 is 70.8. The van der Waals surface area contributed by atoms with Crippen LogP contribution in [0.2, 0.25) is 0 Å². The SMILES string of the molecule is Cn1cc(-c2cnn3c(N4CCN(S(=O)(=O)NCc5ccc(C(F)(F)F)cc5)CC4)cnc3c2)cn1. The topological polar surface area (TPSA) is 101 Å². The van der Waals surface area contributed by atoms with Gasteiger partial charge in [0.15, 0.2) is 11.5 Å². The number of halogens is 3. The molecule has 14 heteroatoms. The van der Waals surface area contributed by atoms with Crippen LogP contribution >= 0.6 is 0 Å². The number of imidazole rings is 1. The monoisotopic (exact) mass is 520 g/mol. The number of nitrogens with zero attached hydrogens (tertiary/aromatic N) is 7. The average Bonchev–Trinajstić information content (AvgIpc) is 3.48. The fraction of sp³-hybridized carbons (Fsp3) is 0.318. The molecule has 0 radical (unpaired) electrons. The first-order valence-corrected chi connectivity index (χ1v) is 12.5. The molecule has 3 aromatic heterocycles. The number of aromatic nitrogens is 5. The standard InChI is InChI=1S/C22H23F3N8O2S/c1-30-15-18(13-27-30)17-10-20-26-14-21(33(20)28-12-17)31-6-8-32(9-7-31)36(34,35)29-11-16-2-4-19(5-3-16)22(23,24)25/h2-5,10,12-15,29H,6-9,11H2,1H3. The second kappa shape index (κ2) is 9.19. The zero-order valence-electron chi connectivity index (χ0n) is 19.2. The Kier molecular flexibility index (Phi) is 6.18. The number of hydrogen-bond acceptors (Lipinski definition) is 6. The predicted molar refractivity (Wildman–Crippen MR) is 126 cm³/mol. The van der Waals surface area contributed by atoms with Gasteiger partial charge in [0.2, 0.25) is 0 Å². The highest BCUT2D eigenvalue weighted by molar-refractivity contribution is 7.87. The molecule has 0 unspecified atom stereocenters. The summed E-state index contributed by atoms with van der Waals surface area (Å²) in [6.45, 7) is 1.24. The smallest absolute Gasteiger partial charge is 0.353 e. The Morgan fingerprint density at radius 1 is 0.972 bits per heavy atom. The van der Waals surface area contributed by atoms with Crippen molar-refractivity contribution in [2.24, 2.45) is 7.05 Å². The third-order valence-electron chi connectivity index (χ3n) is 6.02. The maximum Gasteiger partial charge on any atom is 0.416 e. The number of piperazine rings is 1. The molecule has 10 nitrogen and oxygen atoms in total. The van der Waals surface area contributed by atoms with Crippen molar-refractivity contribution in [1.29, 1.82) is 0 Å². The van der Waals surface area contributed by atoms with E-state index >= 15 is 0 Å². The Bertz CT molecular complexity index is 1470. The highest BCUT2D eigenvalue weighted by Crippen LogP contribution is 2.29. The predicted octanol–water partition coefficient (Wildman–Crippen LogP) is 2.31. The van der Waals surface area contributed by atoms with Gasteiger partial charge < -0.3 is 4.90 Å². The van der Waals surface area contributed by atoms with E-state index < -0.39 is 21.9 Å². The zero-order valence-corrected chi connectivity index (χ0v) is 20.0. The van der Waals surface area contributed by atoms with Crippen molar-refractivity contribution < 1.29 is 21.6 Å². The second-order valence-corrected chi connectivity index (χ2v) is 10.2. The van der Waals surface area contributed by atoms with Gasteiger partial charge in [0.25, 0.3) is 10.2 Å². The molecule has 4 heterocycles. The highest BCUT2D eigenvalue weighted by Gasteiger charge is 2.30. The minimum atomic E-state index is -4.43. The lowest BCUT2D eigenvalue weighted by Gasteiger charge is -2.34. The lowest BCUT2D eigenvalue weighted by Crippen LogP contribution is -2.52. The van der Waals surface area contributed by atoms with Crippen LogP contribution in [0.25, 0.3) is 16.8 Å². The molecule has 1 aliphatic heterocycles. The molecule has 1 fully saturated rings. The van der Waals surface area contributed by atoms with E-state index in [9.17, 15) is 21.6 Å². The molecule has 0 atom stereocenters. The number of aryl methyl sites for hydroxylation is 1. The van der Waals surface area contributed by atoms with Crippen LogP contribution in [0.4, 0.5) is 19.0 Å². The van der Waals surface area contributed by atoms with Gasteiger partial charge in [0, 0.05) is 57.1 Å². The van der Waals surface area contributed by atoms with Crippen molar-refractivity contribution in [2.45, 2.75) is 12.7 Å². The fourth-order valence-corrected chi connectivity index (χ4v) is 5.22. The van der Waals surface area contributed by atoms with Crippen LogP contribution in [-0.2, 0) is 30.0 Å². The molecule has 0 bridgehead atoms. The summed E-state index contributed by atoms with van der Waals surface area (Å²) in [7, 11) is -1.96. The van der Waals surface area contributed by atoms with Crippen LogP contribution in [0.3, 0.4) is 0 Å². The molecule has 0 spiro atoms. The van der Waals surface area contributed by atoms with Crippen molar-refractivity contribution in [3.8, 4) is 11.1 Å². The van der Waals surface area contributed by atoms with Gasteiger partial charge in [-0.05, 0) is 23.8 Å². The molecule has 1 saturated heterocycles. The van der Waals surface area contributed by atoms with Crippen LogP contribution in [0.15, 0.2) is 55.1 Å². The van der Waals surface area contributed by atoms with E-state index in [2.05, 4.69) is 19.9 Å². The molecule has 0 aliphatic carbocycles. The molecule has 5 rings (SSSR count). The Balaban J connectivity index is 1.21. The molecule has 190 valence electrons. The van der Waals surface area contributed by atoms with E-state index in [1.165, 1.54) is 16.4 Å². The summed E-state index contributed by atoms with van der Waals surface area (Å²) in [5.41, 5.74) is 2.15. The summed E-state index contributed by atoms with van der Waals surface area (Å²) in [6.07, 6.45) is 2.66. The lowest BCUT2D eigenvalue weighted by molar-refractivity contribution is -0.137. The van der Waals surface area contributed by atoms with Crippen molar-refractivity contribution in [3.05, 3.63) is 66.2 Å². The molecule has 1 N–H and O–H groups in total. The fourth-order valence-electron chi connectivity index (χ4n) is 4.04. The second-order valence-electron chi connectivity index (χ2n) is 8.44. The third-order valence-corrected chi connectivity index (χ3v) is 7.58. The van der Waals surface area contributed by atoms with Gasteiger partial charge in [-0.15, -0.1) is 0 Å². The molecular weight excluding hydrogens is 497 g/mol. The van der Waals surface area contributed by atoms with Crippen molar-refractivity contribution in [2.75, 3.05) is 31.1 Å². The van der Waals surface area contributed by atoms with Crippen LogP contribution < -0.4 is 9.62 Å². The summed E-state index contributed by atoms with van der Waals surface area (Å²) in [4.78, 5) is 6.47. The first-order valence-electron chi connectivity index (χ1n) is 11.1. The van der Waals surface area contributed by atoms with Gasteiger partial charge in [0.1, 0.15) is 0 Å². The van der Waals surface area contributed by atoms with Crippen molar-refractivity contribution >= 4 is 21.7 Å². The van der Waals surface area contributed by atoms with E-state index in [0.29, 0.717) is 24.3 Å². The number of benzene rings is 1. The van der Waals surface area contributed by atoms with Crippen LogP contribution in [0, 0.1) is 0 Å². The van der Waals surface area contributed by atoms with Crippen LogP contribution in [0.1, 0.15) is 11.1 Å². The quantitative estimate of drug-likeness (QED) is 0.419. The van der Waals surface area contributed by atoms with Gasteiger partial charge in [-0.2, -0.15) is 45.3 Å². The Morgan fingerprint density at radius 3 is 2.31 bits per heavy atom. The largest absolute Gasteiger partial charge is 0.416 e. The number of alkyl halides is 3. The lowest BCUT2D eigenvalue weighted by atomic mass is 10.1. The maximum absolute atomic E-state index is 12.7. The number of hydrogen-bond donors (Lipinski definition) is 1. The van der Waals surface area contributed by atoms with Gasteiger partial charge in [0.05, 0.1) is 24.2 Å². The Labute approximate surface area is 205 Å². The first kappa shape index (κ1) is 24.2. The minimum absolute atomic E-state index is 0.100. The summed E-state index contributed by atoms with van der Waals surface area (Å²) in [5.74, 6) is 0.762. The molecule has 36 heavy (non-hydrogen) atoms. The van der Waals surface area contributed by atoms with Crippen LogP contribution in [-0.4, -0.2) is 63.3 Å². The van der Waals surface area contributed by atoms with Crippen LogP contribution in [0.5, 0.6) is 0 Å². The number of rotatable bonds is 6. The van der Waals surface area contributed by atoms with Gasteiger partial charge in [-0.3, -0.25) is 4.68 Å². The summed E-state index contributed by atoms with van der Waals surface area (Å²) in [6, 6.07) is 6.32. The zero-order chi connectivity index (χ0) is 25.5. The molecule has 1 aromatic carbocycles. The normalized spacial score (nSPS) is 15.6. The summed E-state index contributed by atoms with van der Waals surface area (Å²) >= 11 is 0. The van der Waals surface area contributed by atoms with Crippen molar-refractivity contribution in [1.82, 2.24) is 33.4 Å². The molecule has 4 aromatic rings. The summed E-state index contributed by atoms with van der Waals surface area (Å²) in [5, 5.41) is 8.69. The van der Waals surface area contributed by atoms with E-state index in [1.807, 2.05) is 24.2 Å².